The standard InChI is InChI=1S/C15H26N2O4/c1-20-9-5-7-16-12-15(10-13(16)18)6-3-4-8-17(15)14(19)11-21-2/h3-12H2,1-2H3/t15-/m0/s1. The molecule has 0 bridgehead atoms. The number of carbonyl (C=O) groups is 2. The minimum Gasteiger partial charge on any atom is -0.385 e. The molecule has 6 heteroatoms. The summed E-state index contributed by atoms with van der Waals surface area (Å²) in [6.07, 6.45) is 4.29. The lowest BCUT2D eigenvalue weighted by atomic mass is 9.85. The Morgan fingerprint density at radius 2 is 2.10 bits per heavy atom. The fourth-order valence-electron chi connectivity index (χ4n) is 3.53. The highest BCUT2D eigenvalue weighted by Crippen LogP contribution is 2.37. The minimum absolute atomic E-state index is 0.00346. The molecule has 2 saturated heterocycles. The molecule has 0 saturated carbocycles. The van der Waals surface area contributed by atoms with Crippen molar-refractivity contribution in [1.29, 1.82) is 0 Å². The predicted octanol–water partition coefficient (Wildman–Crippen LogP) is 0.653. The van der Waals surface area contributed by atoms with Gasteiger partial charge in [0.25, 0.3) is 0 Å². The Morgan fingerprint density at radius 3 is 2.81 bits per heavy atom. The molecule has 120 valence electrons. The topological polar surface area (TPSA) is 59.1 Å². The highest BCUT2D eigenvalue weighted by atomic mass is 16.5. The smallest absolute Gasteiger partial charge is 0.249 e. The summed E-state index contributed by atoms with van der Waals surface area (Å²) >= 11 is 0. The molecule has 0 unspecified atom stereocenters. The van der Waals surface area contributed by atoms with Crippen LogP contribution in [-0.2, 0) is 19.1 Å². The van der Waals surface area contributed by atoms with Crippen LogP contribution in [0.5, 0.6) is 0 Å². The number of methoxy groups -OCH3 is 2. The van der Waals surface area contributed by atoms with E-state index in [1.807, 2.05) is 9.80 Å². The van der Waals surface area contributed by atoms with E-state index >= 15 is 0 Å². The molecule has 0 aromatic rings. The molecule has 1 spiro atoms. The van der Waals surface area contributed by atoms with Crippen molar-refractivity contribution in [3.8, 4) is 0 Å². The third kappa shape index (κ3) is 3.55. The van der Waals surface area contributed by atoms with Gasteiger partial charge in [0.1, 0.15) is 6.61 Å². The van der Waals surface area contributed by atoms with E-state index in [9.17, 15) is 9.59 Å². The van der Waals surface area contributed by atoms with Crippen molar-refractivity contribution in [1.82, 2.24) is 9.80 Å². The Hall–Kier alpha value is -1.14. The quantitative estimate of drug-likeness (QED) is 0.676. The second-order valence-corrected chi connectivity index (χ2v) is 6.00. The van der Waals surface area contributed by atoms with Gasteiger partial charge in [0, 0.05) is 40.5 Å². The average Bonchev–Trinajstić information content (AvgIpc) is 2.76. The van der Waals surface area contributed by atoms with E-state index in [4.69, 9.17) is 9.47 Å². The summed E-state index contributed by atoms with van der Waals surface area (Å²) in [5, 5.41) is 0. The molecule has 2 fully saturated rings. The number of hydrogen-bond acceptors (Lipinski definition) is 4. The van der Waals surface area contributed by atoms with Crippen LogP contribution >= 0.6 is 0 Å². The van der Waals surface area contributed by atoms with E-state index in [1.54, 1.807) is 7.11 Å². The molecule has 2 amide bonds. The highest BCUT2D eigenvalue weighted by molar-refractivity contribution is 5.84. The van der Waals surface area contributed by atoms with Gasteiger partial charge in [-0.25, -0.2) is 0 Å². The molecule has 2 rings (SSSR count). The third-order valence-corrected chi connectivity index (χ3v) is 4.51. The first-order valence-electron chi connectivity index (χ1n) is 7.69. The molecule has 0 aromatic heterocycles. The first-order chi connectivity index (χ1) is 10.1. The molecular weight excluding hydrogens is 272 g/mol. The maximum absolute atomic E-state index is 12.3. The predicted molar refractivity (Wildman–Crippen MR) is 77.9 cm³/mol. The molecule has 0 aromatic carbocycles. The van der Waals surface area contributed by atoms with Crippen LogP contribution in [0, 0.1) is 0 Å². The summed E-state index contributed by atoms with van der Waals surface area (Å²) in [7, 11) is 3.20. The van der Waals surface area contributed by atoms with Gasteiger partial charge in [-0.15, -0.1) is 0 Å². The van der Waals surface area contributed by atoms with Crippen LogP contribution in [0.1, 0.15) is 32.1 Å². The second-order valence-electron chi connectivity index (χ2n) is 6.00. The number of piperidine rings is 1. The third-order valence-electron chi connectivity index (χ3n) is 4.51. The van der Waals surface area contributed by atoms with Gasteiger partial charge in [0.05, 0.1) is 12.0 Å². The summed E-state index contributed by atoms with van der Waals surface area (Å²) in [4.78, 5) is 28.4. The van der Waals surface area contributed by atoms with Crippen LogP contribution in [0.25, 0.3) is 0 Å². The number of rotatable bonds is 6. The second kappa shape index (κ2) is 7.22. The monoisotopic (exact) mass is 298 g/mol. The van der Waals surface area contributed by atoms with Crippen molar-refractivity contribution < 1.29 is 19.1 Å². The molecular formula is C15H26N2O4. The summed E-state index contributed by atoms with van der Waals surface area (Å²) in [5.41, 5.74) is -0.308. The van der Waals surface area contributed by atoms with E-state index in [2.05, 4.69) is 0 Å². The van der Waals surface area contributed by atoms with E-state index in [0.29, 0.717) is 26.1 Å². The van der Waals surface area contributed by atoms with Gasteiger partial charge in [0.2, 0.25) is 11.8 Å². The first-order valence-corrected chi connectivity index (χ1v) is 7.69. The molecule has 6 nitrogen and oxygen atoms in total. The van der Waals surface area contributed by atoms with Crippen LogP contribution < -0.4 is 0 Å². The summed E-state index contributed by atoms with van der Waals surface area (Å²) in [6, 6.07) is 0. The van der Waals surface area contributed by atoms with Crippen LogP contribution in [0.15, 0.2) is 0 Å². The first kappa shape index (κ1) is 16.2. The van der Waals surface area contributed by atoms with Gasteiger partial charge >= 0.3 is 0 Å². The summed E-state index contributed by atoms with van der Waals surface area (Å²) in [6.45, 7) is 2.86. The number of carbonyl (C=O) groups excluding carboxylic acids is 2. The molecule has 0 N–H and O–H groups in total. The van der Waals surface area contributed by atoms with Crippen molar-refractivity contribution in [3.63, 3.8) is 0 Å². The Balaban J connectivity index is 2.04. The molecule has 2 aliphatic rings. The van der Waals surface area contributed by atoms with Crippen molar-refractivity contribution in [2.75, 3.05) is 47.1 Å². The zero-order valence-corrected chi connectivity index (χ0v) is 13.1. The zero-order chi connectivity index (χ0) is 15.3. The van der Waals surface area contributed by atoms with Crippen LogP contribution in [0.4, 0.5) is 0 Å². The number of likely N-dealkylation sites (tertiary alicyclic amines) is 2. The molecule has 2 heterocycles. The number of amides is 2. The van der Waals surface area contributed by atoms with Crippen LogP contribution in [0.2, 0.25) is 0 Å². The lowest BCUT2D eigenvalue weighted by Gasteiger charge is -2.44. The maximum atomic E-state index is 12.3. The maximum Gasteiger partial charge on any atom is 0.249 e. The Bertz CT molecular complexity index is 388. The van der Waals surface area contributed by atoms with Gasteiger partial charge in [-0.1, -0.05) is 0 Å². The Kier molecular flexibility index (Phi) is 5.58. The number of ether oxygens (including phenoxy) is 2. The van der Waals surface area contributed by atoms with Gasteiger partial charge in [0.15, 0.2) is 0 Å². The normalized spacial score (nSPS) is 25.9. The average molecular weight is 298 g/mol. The molecule has 1 atom stereocenters. The van der Waals surface area contributed by atoms with Crippen LogP contribution in [0.3, 0.4) is 0 Å². The molecule has 2 aliphatic heterocycles. The van der Waals surface area contributed by atoms with E-state index < -0.39 is 0 Å². The van der Waals surface area contributed by atoms with Gasteiger partial charge < -0.3 is 19.3 Å². The van der Waals surface area contributed by atoms with E-state index in [1.165, 1.54) is 7.11 Å². The van der Waals surface area contributed by atoms with Crippen molar-refractivity contribution in [2.45, 2.75) is 37.6 Å². The lowest BCUT2D eigenvalue weighted by molar-refractivity contribution is -0.143. The van der Waals surface area contributed by atoms with Crippen molar-refractivity contribution in [3.05, 3.63) is 0 Å². The van der Waals surface area contributed by atoms with Crippen LogP contribution in [-0.4, -0.2) is 74.2 Å². The lowest BCUT2D eigenvalue weighted by Crippen LogP contribution is -2.57. The number of nitrogens with zero attached hydrogens (tertiary/aromatic N) is 2. The fraction of sp³-hybridized carbons (Fsp3) is 0.867. The van der Waals surface area contributed by atoms with Gasteiger partial charge in [-0.2, -0.15) is 0 Å². The zero-order valence-electron chi connectivity index (χ0n) is 13.1. The highest BCUT2D eigenvalue weighted by Gasteiger charge is 2.49. The van der Waals surface area contributed by atoms with Crippen molar-refractivity contribution in [2.24, 2.45) is 0 Å². The molecule has 21 heavy (non-hydrogen) atoms. The summed E-state index contributed by atoms with van der Waals surface area (Å²) in [5.74, 6) is 0.159. The SMILES string of the molecule is COCCCN1C[C@]2(CCCCN2C(=O)COC)CC1=O. The van der Waals surface area contributed by atoms with E-state index in [0.717, 1.165) is 32.2 Å². The van der Waals surface area contributed by atoms with E-state index in [-0.39, 0.29) is 24.0 Å². The molecule has 0 aliphatic carbocycles. The van der Waals surface area contributed by atoms with Gasteiger partial charge in [-0.3, -0.25) is 9.59 Å². The molecule has 0 radical (unpaired) electrons. The minimum atomic E-state index is -0.308. The van der Waals surface area contributed by atoms with Crippen molar-refractivity contribution >= 4 is 11.8 Å². The Morgan fingerprint density at radius 1 is 1.29 bits per heavy atom. The summed E-state index contributed by atoms with van der Waals surface area (Å²) < 4.78 is 10.0. The fourth-order valence-corrected chi connectivity index (χ4v) is 3.53. The number of hydrogen-bond donors (Lipinski definition) is 0. The largest absolute Gasteiger partial charge is 0.385 e. The van der Waals surface area contributed by atoms with Gasteiger partial charge in [-0.05, 0) is 25.7 Å². The Labute approximate surface area is 126 Å².